The molecule has 2 aromatic heterocycles. The van der Waals surface area contributed by atoms with E-state index in [4.69, 9.17) is 11.6 Å². The minimum atomic E-state index is -0.312. The molecule has 0 saturated heterocycles. The molecule has 0 unspecified atom stereocenters. The van der Waals surface area contributed by atoms with Crippen molar-refractivity contribution in [2.24, 2.45) is 0 Å². The van der Waals surface area contributed by atoms with Gasteiger partial charge in [-0.1, -0.05) is 17.7 Å². The van der Waals surface area contributed by atoms with Crippen LogP contribution in [0.15, 0.2) is 48.8 Å². The van der Waals surface area contributed by atoms with E-state index in [0.29, 0.717) is 28.9 Å². The standard InChI is InChI=1S/C19H18ClN5O/c1-12-10-17(18(26)24-16-5-3-4-15(20)13(16)2)25-19(23-12)22-11-14-6-8-21-9-7-14/h3-10H,11H2,1-2H3,(H,24,26)(H,22,23,25). The third-order valence-electron chi connectivity index (χ3n) is 3.80. The lowest BCUT2D eigenvalue weighted by molar-refractivity contribution is 0.102. The van der Waals surface area contributed by atoms with Gasteiger partial charge in [-0.15, -0.1) is 0 Å². The number of benzene rings is 1. The van der Waals surface area contributed by atoms with Crippen LogP contribution in [0, 0.1) is 13.8 Å². The zero-order chi connectivity index (χ0) is 18.5. The Kier molecular flexibility index (Phi) is 5.43. The number of hydrogen-bond donors (Lipinski definition) is 2. The van der Waals surface area contributed by atoms with E-state index >= 15 is 0 Å². The Bertz CT molecular complexity index is 930. The van der Waals surface area contributed by atoms with Crippen molar-refractivity contribution in [3.8, 4) is 0 Å². The van der Waals surface area contributed by atoms with Crippen LogP contribution in [0.1, 0.15) is 27.3 Å². The largest absolute Gasteiger partial charge is 0.350 e. The third kappa shape index (κ3) is 4.34. The highest BCUT2D eigenvalue weighted by Gasteiger charge is 2.13. The minimum Gasteiger partial charge on any atom is -0.350 e. The molecule has 7 heteroatoms. The van der Waals surface area contributed by atoms with E-state index in [0.717, 1.165) is 11.1 Å². The Labute approximate surface area is 156 Å². The lowest BCUT2D eigenvalue weighted by Gasteiger charge is -2.11. The average molecular weight is 368 g/mol. The van der Waals surface area contributed by atoms with Crippen LogP contribution in [0.4, 0.5) is 11.6 Å². The predicted octanol–water partition coefficient (Wildman–Crippen LogP) is 4.01. The molecule has 26 heavy (non-hydrogen) atoms. The average Bonchev–Trinajstić information content (AvgIpc) is 2.64. The fourth-order valence-corrected chi connectivity index (χ4v) is 2.55. The summed E-state index contributed by atoms with van der Waals surface area (Å²) in [6, 6.07) is 10.8. The Hall–Kier alpha value is -2.99. The fourth-order valence-electron chi connectivity index (χ4n) is 2.37. The van der Waals surface area contributed by atoms with Gasteiger partial charge in [-0.25, -0.2) is 9.97 Å². The van der Waals surface area contributed by atoms with Crippen molar-refractivity contribution in [3.63, 3.8) is 0 Å². The summed E-state index contributed by atoms with van der Waals surface area (Å²) >= 11 is 6.10. The molecule has 1 amide bonds. The van der Waals surface area contributed by atoms with E-state index < -0.39 is 0 Å². The first-order valence-electron chi connectivity index (χ1n) is 8.08. The van der Waals surface area contributed by atoms with Crippen molar-refractivity contribution in [2.45, 2.75) is 20.4 Å². The molecule has 0 saturated carbocycles. The summed E-state index contributed by atoms with van der Waals surface area (Å²) in [5.41, 5.74) is 3.50. The van der Waals surface area contributed by atoms with Gasteiger partial charge in [0, 0.05) is 35.3 Å². The number of carbonyl (C=O) groups is 1. The molecule has 0 bridgehead atoms. The second-order valence-corrected chi connectivity index (χ2v) is 6.20. The molecule has 3 aromatic rings. The normalized spacial score (nSPS) is 10.4. The number of aromatic nitrogens is 3. The van der Waals surface area contributed by atoms with Crippen molar-refractivity contribution in [1.82, 2.24) is 15.0 Å². The summed E-state index contributed by atoms with van der Waals surface area (Å²) in [4.78, 5) is 25.2. The zero-order valence-electron chi connectivity index (χ0n) is 14.5. The van der Waals surface area contributed by atoms with E-state index in [-0.39, 0.29) is 11.6 Å². The predicted molar refractivity (Wildman–Crippen MR) is 102 cm³/mol. The van der Waals surface area contributed by atoms with Crippen LogP contribution in [0.3, 0.4) is 0 Å². The Morgan fingerprint density at radius 2 is 1.88 bits per heavy atom. The SMILES string of the molecule is Cc1cc(C(=O)Nc2cccc(Cl)c2C)nc(NCc2ccncc2)n1. The molecule has 6 nitrogen and oxygen atoms in total. The molecule has 2 N–H and O–H groups in total. The maximum atomic E-state index is 12.6. The number of rotatable bonds is 5. The third-order valence-corrected chi connectivity index (χ3v) is 4.21. The van der Waals surface area contributed by atoms with Crippen molar-refractivity contribution >= 4 is 29.1 Å². The lowest BCUT2D eigenvalue weighted by atomic mass is 10.2. The first kappa shape index (κ1) is 17.8. The molecular weight excluding hydrogens is 350 g/mol. The van der Waals surface area contributed by atoms with Gasteiger partial charge in [0.1, 0.15) is 5.69 Å². The summed E-state index contributed by atoms with van der Waals surface area (Å²) in [5.74, 6) is 0.0857. The van der Waals surface area contributed by atoms with Gasteiger partial charge in [0.15, 0.2) is 0 Å². The van der Waals surface area contributed by atoms with Crippen LogP contribution < -0.4 is 10.6 Å². The topological polar surface area (TPSA) is 79.8 Å². The summed E-state index contributed by atoms with van der Waals surface area (Å²) < 4.78 is 0. The van der Waals surface area contributed by atoms with Crippen LogP contribution in [0.25, 0.3) is 0 Å². The van der Waals surface area contributed by atoms with E-state index in [9.17, 15) is 4.79 Å². The first-order chi connectivity index (χ1) is 12.5. The molecule has 3 rings (SSSR count). The van der Waals surface area contributed by atoms with Gasteiger partial charge in [0.05, 0.1) is 0 Å². The smallest absolute Gasteiger partial charge is 0.274 e. The molecule has 0 aliphatic rings. The van der Waals surface area contributed by atoms with Crippen LogP contribution >= 0.6 is 11.6 Å². The van der Waals surface area contributed by atoms with Gasteiger partial charge < -0.3 is 10.6 Å². The second-order valence-electron chi connectivity index (χ2n) is 5.79. The number of pyridine rings is 1. The van der Waals surface area contributed by atoms with Gasteiger partial charge in [-0.3, -0.25) is 9.78 Å². The van der Waals surface area contributed by atoms with Crippen LogP contribution in [-0.2, 0) is 6.54 Å². The van der Waals surface area contributed by atoms with Gasteiger partial charge in [-0.05, 0) is 55.3 Å². The number of carbonyl (C=O) groups excluding carboxylic acids is 1. The maximum absolute atomic E-state index is 12.6. The molecule has 0 aliphatic heterocycles. The van der Waals surface area contributed by atoms with E-state index in [2.05, 4.69) is 25.6 Å². The fraction of sp³-hybridized carbons (Fsp3) is 0.158. The highest BCUT2D eigenvalue weighted by atomic mass is 35.5. The number of nitrogens with one attached hydrogen (secondary N) is 2. The minimum absolute atomic E-state index is 0.286. The molecule has 132 valence electrons. The molecular formula is C19H18ClN5O. The number of nitrogens with zero attached hydrogens (tertiary/aromatic N) is 3. The molecule has 0 spiro atoms. The van der Waals surface area contributed by atoms with Crippen molar-refractivity contribution < 1.29 is 4.79 Å². The Morgan fingerprint density at radius 3 is 2.65 bits per heavy atom. The van der Waals surface area contributed by atoms with Gasteiger partial charge in [0.25, 0.3) is 5.91 Å². The maximum Gasteiger partial charge on any atom is 0.274 e. The number of amides is 1. The molecule has 0 fully saturated rings. The van der Waals surface area contributed by atoms with Crippen molar-refractivity contribution in [2.75, 3.05) is 10.6 Å². The van der Waals surface area contributed by atoms with Gasteiger partial charge in [-0.2, -0.15) is 0 Å². The van der Waals surface area contributed by atoms with Crippen LogP contribution in [-0.4, -0.2) is 20.9 Å². The zero-order valence-corrected chi connectivity index (χ0v) is 15.2. The summed E-state index contributed by atoms with van der Waals surface area (Å²) in [7, 11) is 0. The lowest BCUT2D eigenvalue weighted by Crippen LogP contribution is -2.16. The highest BCUT2D eigenvalue weighted by Crippen LogP contribution is 2.23. The number of aryl methyl sites for hydroxylation is 1. The molecule has 1 aromatic carbocycles. The molecule has 0 atom stereocenters. The van der Waals surface area contributed by atoms with Crippen LogP contribution in [0.2, 0.25) is 5.02 Å². The number of hydrogen-bond acceptors (Lipinski definition) is 5. The first-order valence-corrected chi connectivity index (χ1v) is 8.45. The number of anilines is 2. The van der Waals surface area contributed by atoms with Crippen molar-refractivity contribution in [1.29, 1.82) is 0 Å². The highest BCUT2D eigenvalue weighted by molar-refractivity contribution is 6.31. The van der Waals surface area contributed by atoms with Gasteiger partial charge >= 0.3 is 0 Å². The second kappa shape index (κ2) is 7.93. The summed E-state index contributed by atoms with van der Waals surface area (Å²) in [6.07, 6.45) is 3.45. The van der Waals surface area contributed by atoms with E-state index in [1.807, 2.05) is 26.0 Å². The monoisotopic (exact) mass is 367 g/mol. The Morgan fingerprint density at radius 1 is 1.12 bits per heavy atom. The Balaban J connectivity index is 1.76. The quantitative estimate of drug-likeness (QED) is 0.712. The van der Waals surface area contributed by atoms with Crippen LogP contribution in [0.5, 0.6) is 0 Å². The molecule has 2 heterocycles. The van der Waals surface area contributed by atoms with Crippen molar-refractivity contribution in [3.05, 3.63) is 76.3 Å². The molecule has 0 radical (unpaired) electrons. The van der Waals surface area contributed by atoms with E-state index in [1.165, 1.54) is 0 Å². The molecule has 0 aliphatic carbocycles. The summed E-state index contributed by atoms with van der Waals surface area (Å²) in [6.45, 7) is 4.21. The van der Waals surface area contributed by atoms with Gasteiger partial charge in [0.2, 0.25) is 5.95 Å². The number of halogens is 1. The summed E-state index contributed by atoms with van der Waals surface area (Å²) in [5, 5.41) is 6.57. The van der Waals surface area contributed by atoms with E-state index in [1.54, 1.807) is 36.7 Å².